The fourth-order valence-electron chi connectivity index (χ4n) is 1.83. The second kappa shape index (κ2) is 8.09. The molecular weight excluding hydrogens is 212 g/mol. The molecule has 1 rings (SSSR count). The lowest BCUT2D eigenvalue weighted by Gasteiger charge is -2.21. The van der Waals surface area contributed by atoms with Crippen LogP contribution < -0.4 is 10.2 Å². The summed E-state index contributed by atoms with van der Waals surface area (Å²) < 4.78 is 5.00. The first-order valence-corrected chi connectivity index (χ1v) is 6.22. The molecule has 0 atom stereocenters. The minimum atomic E-state index is 0.834. The lowest BCUT2D eigenvalue weighted by atomic mass is 10.2. The van der Waals surface area contributed by atoms with Crippen LogP contribution in [0.25, 0.3) is 0 Å². The molecule has 0 amide bonds. The maximum absolute atomic E-state index is 5.00. The largest absolute Gasteiger partial charge is 0.385 e. The van der Waals surface area contributed by atoms with Crippen molar-refractivity contribution in [2.45, 2.75) is 13.3 Å². The Hall–Kier alpha value is -1.06. The summed E-state index contributed by atoms with van der Waals surface area (Å²) in [5, 5.41) is 3.42. The van der Waals surface area contributed by atoms with E-state index in [-0.39, 0.29) is 0 Å². The van der Waals surface area contributed by atoms with Crippen molar-refractivity contribution in [2.75, 3.05) is 45.3 Å². The summed E-state index contributed by atoms with van der Waals surface area (Å²) in [4.78, 5) is 2.29. The molecule has 0 aliphatic carbocycles. The standard InChI is InChI=1S/C14H24N2O/c1-13-7-4-5-8-14(13)16(2)11-10-15-9-6-12-17-3/h4-5,7-8,15H,6,9-12H2,1-3H3. The molecule has 3 heteroatoms. The van der Waals surface area contributed by atoms with Gasteiger partial charge in [-0.3, -0.25) is 0 Å². The van der Waals surface area contributed by atoms with Crippen LogP contribution in [-0.2, 0) is 4.74 Å². The van der Waals surface area contributed by atoms with Gasteiger partial charge in [0.2, 0.25) is 0 Å². The van der Waals surface area contributed by atoms with Gasteiger partial charge in [-0.15, -0.1) is 0 Å². The number of para-hydroxylation sites is 1. The Bertz CT molecular complexity index is 315. The summed E-state index contributed by atoms with van der Waals surface area (Å²) in [5.41, 5.74) is 2.64. The molecule has 0 saturated carbocycles. The molecule has 17 heavy (non-hydrogen) atoms. The quantitative estimate of drug-likeness (QED) is 0.699. The molecule has 0 saturated heterocycles. The number of nitrogens with zero attached hydrogens (tertiary/aromatic N) is 1. The molecule has 96 valence electrons. The first-order chi connectivity index (χ1) is 8.25. The van der Waals surface area contributed by atoms with Crippen molar-refractivity contribution >= 4 is 5.69 Å². The van der Waals surface area contributed by atoms with Crippen LogP contribution in [0.1, 0.15) is 12.0 Å². The maximum atomic E-state index is 5.00. The number of aryl methyl sites for hydroxylation is 1. The molecule has 3 nitrogen and oxygen atoms in total. The van der Waals surface area contributed by atoms with Crippen LogP contribution in [0.2, 0.25) is 0 Å². The Labute approximate surface area is 105 Å². The number of rotatable bonds is 8. The highest BCUT2D eigenvalue weighted by Crippen LogP contribution is 2.16. The van der Waals surface area contributed by atoms with E-state index in [0.29, 0.717) is 0 Å². The van der Waals surface area contributed by atoms with Crippen molar-refractivity contribution in [2.24, 2.45) is 0 Å². The van der Waals surface area contributed by atoms with Gasteiger partial charge in [0, 0.05) is 39.5 Å². The fourth-order valence-corrected chi connectivity index (χ4v) is 1.83. The van der Waals surface area contributed by atoms with E-state index in [9.17, 15) is 0 Å². The molecule has 0 heterocycles. The number of ether oxygens (including phenoxy) is 1. The third-order valence-electron chi connectivity index (χ3n) is 2.85. The van der Waals surface area contributed by atoms with E-state index < -0.39 is 0 Å². The molecule has 0 aromatic heterocycles. The van der Waals surface area contributed by atoms with Crippen molar-refractivity contribution in [3.05, 3.63) is 29.8 Å². The van der Waals surface area contributed by atoms with Gasteiger partial charge in [-0.05, 0) is 31.5 Å². The van der Waals surface area contributed by atoms with Crippen LogP contribution in [0.5, 0.6) is 0 Å². The van der Waals surface area contributed by atoms with E-state index in [0.717, 1.165) is 32.7 Å². The Kier molecular flexibility index (Phi) is 6.67. The number of hydrogen-bond acceptors (Lipinski definition) is 3. The Morgan fingerprint density at radius 3 is 2.71 bits per heavy atom. The SMILES string of the molecule is COCCCNCCN(C)c1ccccc1C. The van der Waals surface area contributed by atoms with Crippen LogP contribution >= 0.6 is 0 Å². The molecule has 0 unspecified atom stereocenters. The van der Waals surface area contributed by atoms with Gasteiger partial charge in [0.1, 0.15) is 0 Å². The third kappa shape index (κ3) is 5.20. The van der Waals surface area contributed by atoms with Gasteiger partial charge >= 0.3 is 0 Å². The molecule has 0 aliphatic heterocycles. The topological polar surface area (TPSA) is 24.5 Å². The molecular formula is C14H24N2O. The Morgan fingerprint density at radius 1 is 1.24 bits per heavy atom. The average Bonchev–Trinajstić information content (AvgIpc) is 2.34. The highest BCUT2D eigenvalue weighted by molar-refractivity contribution is 5.52. The first-order valence-electron chi connectivity index (χ1n) is 6.22. The molecule has 1 N–H and O–H groups in total. The number of likely N-dealkylation sites (N-methyl/N-ethyl adjacent to an activating group) is 1. The second-order valence-corrected chi connectivity index (χ2v) is 4.30. The molecule has 1 aromatic rings. The molecule has 0 fully saturated rings. The van der Waals surface area contributed by atoms with E-state index in [1.807, 2.05) is 0 Å². The zero-order chi connectivity index (χ0) is 12.5. The molecule has 0 bridgehead atoms. The average molecular weight is 236 g/mol. The molecule has 0 spiro atoms. The number of hydrogen-bond donors (Lipinski definition) is 1. The van der Waals surface area contributed by atoms with Crippen molar-refractivity contribution in [1.82, 2.24) is 5.32 Å². The summed E-state index contributed by atoms with van der Waals surface area (Å²) in [5.74, 6) is 0. The predicted octanol–water partition coefficient (Wildman–Crippen LogP) is 2.06. The minimum absolute atomic E-state index is 0.834. The van der Waals surface area contributed by atoms with Crippen molar-refractivity contribution < 1.29 is 4.74 Å². The van der Waals surface area contributed by atoms with Crippen LogP contribution in [0.15, 0.2) is 24.3 Å². The van der Waals surface area contributed by atoms with Gasteiger partial charge in [0.15, 0.2) is 0 Å². The molecule has 1 aromatic carbocycles. The number of benzene rings is 1. The zero-order valence-corrected chi connectivity index (χ0v) is 11.2. The van der Waals surface area contributed by atoms with Crippen molar-refractivity contribution in [3.63, 3.8) is 0 Å². The molecule has 0 aliphatic rings. The lowest BCUT2D eigenvalue weighted by Crippen LogP contribution is -2.30. The van der Waals surface area contributed by atoms with Gasteiger partial charge in [-0.2, -0.15) is 0 Å². The van der Waals surface area contributed by atoms with Crippen LogP contribution in [0, 0.1) is 6.92 Å². The number of nitrogens with one attached hydrogen (secondary N) is 1. The Morgan fingerprint density at radius 2 is 2.00 bits per heavy atom. The van der Waals surface area contributed by atoms with E-state index in [2.05, 4.69) is 48.5 Å². The van der Waals surface area contributed by atoms with Crippen LogP contribution in [-0.4, -0.2) is 40.4 Å². The van der Waals surface area contributed by atoms with Gasteiger partial charge < -0.3 is 15.0 Å². The number of anilines is 1. The Balaban J connectivity index is 2.21. The van der Waals surface area contributed by atoms with E-state index in [4.69, 9.17) is 4.74 Å². The van der Waals surface area contributed by atoms with E-state index in [1.54, 1.807) is 7.11 Å². The van der Waals surface area contributed by atoms with E-state index in [1.165, 1.54) is 11.3 Å². The third-order valence-corrected chi connectivity index (χ3v) is 2.85. The second-order valence-electron chi connectivity index (χ2n) is 4.30. The zero-order valence-electron chi connectivity index (χ0n) is 11.2. The lowest BCUT2D eigenvalue weighted by molar-refractivity contribution is 0.194. The minimum Gasteiger partial charge on any atom is -0.385 e. The van der Waals surface area contributed by atoms with Crippen LogP contribution in [0.3, 0.4) is 0 Å². The van der Waals surface area contributed by atoms with Crippen LogP contribution in [0.4, 0.5) is 5.69 Å². The van der Waals surface area contributed by atoms with Gasteiger partial charge in [0.25, 0.3) is 0 Å². The van der Waals surface area contributed by atoms with Gasteiger partial charge in [-0.25, -0.2) is 0 Å². The highest BCUT2D eigenvalue weighted by Gasteiger charge is 2.02. The summed E-state index contributed by atoms with van der Waals surface area (Å²) in [6, 6.07) is 8.48. The summed E-state index contributed by atoms with van der Waals surface area (Å²) >= 11 is 0. The highest BCUT2D eigenvalue weighted by atomic mass is 16.5. The number of methoxy groups -OCH3 is 1. The normalized spacial score (nSPS) is 10.5. The van der Waals surface area contributed by atoms with E-state index >= 15 is 0 Å². The maximum Gasteiger partial charge on any atom is 0.0474 e. The summed E-state index contributed by atoms with van der Waals surface area (Å²) in [7, 11) is 3.88. The van der Waals surface area contributed by atoms with Gasteiger partial charge in [-0.1, -0.05) is 18.2 Å². The summed E-state index contributed by atoms with van der Waals surface area (Å²) in [6.45, 7) is 6.04. The predicted molar refractivity (Wildman–Crippen MR) is 73.8 cm³/mol. The summed E-state index contributed by atoms with van der Waals surface area (Å²) in [6.07, 6.45) is 1.07. The fraction of sp³-hybridized carbons (Fsp3) is 0.571. The smallest absolute Gasteiger partial charge is 0.0474 e. The van der Waals surface area contributed by atoms with Crippen molar-refractivity contribution in [3.8, 4) is 0 Å². The first kappa shape index (κ1) is 14.0. The van der Waals surface area contributed by atoms with Gasteiger partial charge in [0.05, 0.1) is 0 Å². The van der Waals surface area contributed by atoms with Crippen molar-refractivity contribution in [1.29, 1.82) is 0 Å². The monoisotopic (exact) mass is 236 g/mol. The molecule has 0 radical (unpaired) electrons.